The summed E-state index contributed by atoms with van der Waals surface area (Å²) in [6.45, 7) is 0. The minimum atomic E-state index is -0.483. The Kier molecular flexibility index (Phi) is 7.26. The largest absolute Gasteiger partial charge is 0.326 e. The van der Waals surface area contributed by atoms with Gasteiger partial charge >= 0.3 is 0 Å². The number of nitrogens with one attached hydrogen (secondary N) is 2. The average molecular weight is 467 g/mol. The summed E-state index contributed by atoms with van der Waals surface area (Å²) in [5, 5.41) is 6.39. The van der Waals surface area contributed by atoms with E-state index >= 15 is 0 Å². The van der Waals surface area contributed by atoms with E-state index in [1.807, 2.05) is 0 Å². The van der Waals surface area contributed by atoms with E-state index in [0.717, 1.165) is 0 Å². The molecule has 0 aliphatic heterocycles. The van der Waals surface area contributed by atoms with E-state index in [9.17, 15) is 14.0 Å². The van der Waals surface area contributed by atoms with Crippen LogP contribution in [0.5, 0.6) is 0 Å². The van der Waals surface area contributed by atoms with Crippen molar-refractivity contribution in [2.45, 2.75) is 12.8 Å². The summed E-state index contributed by atoms with van der Waals surface area (Å²) in [4.78, 5) is 28.6. The normalized spacial score (nSPS) is 10.5. The molecule has 0 fully saturated rings. The third-order valence-electron chi connectivity index (χ3n) is 4.07. The second-order valence-corrected chi connectivity index (χ2v) is 7.54. The molecule has 3 aromatic rings. The summed E-state index contributed by atoms with van der Waals surface area (Å²) >= 11 is 18.2. The number of halogens is 4. The maximum absolute atomic E-state index is 13.3. The van der Waals surface area contributed by atoms with Gasteiger partial charge in [-0.2, -0.15) is 0 Å². The molecule has 2 N–H and O–H groups in total. The zero-order valence-corrected chi connectivity index (χ0v) is 17.7. The van der Waals surface area contributed by atoms with Gasteiger partial charge in [-0.15, -0.1) is 0 Å². The van der Waals surface area contributed by atoms with Gasteiger partial charge in [-0.25, -0.2) is 9.37 Å². The Morgan fingerprint density at radius 2 is 1.57 bits per heavy atom. The number of rotatable bonds is 6. The van der Waals surface area contributed by atoms with Crippen LogP contribution < -0.4 is 10.6 Å². The maximum Gasteiger partial charge on any atom is 0.230 e. The van der Waals surface area contributed by atoms with Crippen molar-refractivity contribution in [3.63, 3.8) is 0 Å². The number of nitrogens with zero attached hydrogens (tertiary/aromatic N) is 1. The fourth-order valence-electron chi connectivity index (χ4n) is 2.68. The number of aromatic nitrogens is 1. The van der Waals surface area contributed by atoms with Crippen LogP contribution in [-0.2, 0) is 22.4 Å². The number of carbonyl (C=O) groups is 2. The lowest BCUT2D eigenvalue weighted by molar-refractivity contribution is -0.116. The zero-order chi connectivity index (χ0) is 21.7. The lowest BCUT2D eigenvalue weighted by Crippen LogP contribution is -2.17. The van der Waals surface area contributed by atoms with Crippen molar-refractivity contribution in [1.82, 2.24) is 4.98 Å². The van der Waals surface area contributed by atoms with E-state index in [1.54, 1.807) is 24.3 Å². The highest BCUT2D eigenvalue weighted by Crippen LogP contribution is 2.25. The fraction of sp³-hybridized carbons (Fsp3) is 0.0952. The molecule has 0 aliphatic rings. The average Bonchev–Trinajstić information content (AvgIpc) is 2.68. The number of hydrogen-bond acceptors (Lipinski definition) is 3. The Bertz CT molecular complexity index is 1090. The molecule has 3 rings (SSSR count). The SMILES string of the molecule is O=C(Cc1c(Cl)cccc1Cl)Nc1ccnc(NC(=O)Cc2cc(F)ccc2Cl)c1. The van der Waals surface area contributed by atoms with Gasteiger partial charge in [-0.1, -0.05) is 40.9 Å². The van der Waals surface area contributed by atoms with Gasteiger partial charge in [0.2, 0.25) is 11.8 Å². The molecule has 0 radical (unpaired) electrons. The van der Waals surface area contributed by atoms with Crippen molar-refractivity contribution in [3.05, 3.63) is 86.7 Å². The first-order chi connectivity index (χ1) is 14.3. The summed E-state index contributed by atoms with van der Waals surface area (Å²) < 4.78 is 13.3. The molecule has 0 unspecified atom stereocenters. The van der Waals surface area contributed by atoms with Crippen LogP contribution >= 0.6 is 34.8 Å². The van der Waals surface area contributed by atoms with Crippen LogP contribution in [0.4, 0.5) is 15.9 Å². The van der Waals surface area contributed by atoms with Gasteiger partial charge in [0, 0.05) is 33.0 Å². The second kappa shape index (κ2) is 9.89. The number of benzene rings is 2. The van der Waals surface area contributed by atoms with Crippen molar-refractivity contribution in [3.8, 4) is 0 Å². The molecule has 0 spiro atoms. The lowest BCUT2D eigenvalue weighted by atomic mass is 10.1. The minimum Gasteiger partial charge on any atom is -0.326 e. The molecule has 2 aromatic carbocycles. The van der Waals surface area contributed by atoms with E-state index < -0.39 is 11.7 Å². The molecule has 1 heterocycles. The van der Waals surface area contributed by atoms with Crippen molar-refractivity contribution < 1.29 is 14.0 Å². The highest BCUT2D eigenvalue weighted by atomic mass is 35.5. The molecule has 154 valence electrons. The molecule has 9 heteroatoms. The van der Waals surface area contributed by atoms with Crippen LogP contribution in [0.1, 0.15) is 11.1 Å². The Morgan fingerprint density at radius 1 is 0.867 bits per heavy atom. The molecule has 5 nitrogen and oxygen atoms in total. The fourth-order valence-corrected chi connectivity index (χ4v) is 3.40. The van der Waals surface area contributed by atoms with Crippen LogP contribution in [0.15, 0.2) is 54.7 Å². The Labute approximate surface area is 187 Å². The van der Waals surface area contributed by atoms with Gasteiger partial charge in [0.05, 0.1) is 12.8 Å². The molecule has 0 saturated heterocycles. The van der Waals surface area contributed by atoms with Crippen molar-refractivity contribution in [2.24, 2.45) is 0 Å². The highest BCUT2D eigenvalue weighted by molar-refractivity contribution is 6.36. The number of pyridine rings is 1. The van der Waals surface area contributed by atoms with Gasteiger partial charge in [0.15, 0.2) is 0 Å². The van der Waals surface area contributed by atoms with Crippen molar-refractivity contribution >= 4 is 58.1 Å². The summed E-state index contributed by atoms with van der Waals surface area (Å²) in [6.07, 6.45) is 1.29. The van der Waals surface area contributed by atoms with Gasteiger partial charge in [0.25, 0.3) is 0 Å². The van der Waals surface area contributed by atoms with E-state index in [-0.39, 0.29) is 24.6 Å². The zero-order valence-electron chi connectivity index (χ0n) is 15.4. The van der Waals surface area contributed by atoms with E-state index in [2.05, 4.69) is 15.6 Å². The number of amides is 2. The quantitative estimate of drug-likeness (QED) is 0.501. The summed E-state index contributed by atoms with van der Waals surface area (Å²) in [7, 11) is 0. The summed E-state index contributed by atoms with van der Waals surface area (Å²) in [6, 6.07) is 11.9. The minimum absolute atomic E-state index is 0.0133. The van der Waals surface area contributed by atoms with Crippen LogP contribution in [0, 0.1) is 5.82 Å². The third-order valence-corrected chi connectivity index (χ3v) is 5.15. The standard InChI is InChI=1S/C21H15Cl3FN3O2/c22-16-5-4-13(25)8-12(16)9-20(29)28-19-10-14(6-7-26-19)27-21(30)11-15-17(23)2-1-3-18(15)24/h1-8,10H,9,11H2,(H2,26,27,28,29,30). The molecule has 2 amide bonds. The van der Waals surface area contributed by atoms with E-state index in [4.69, 9.17) is 34.8 Å². The van der Waals surface area contributed by atoms with Crippen LogP contribution in [0.25, 0.3) is 0 Å². The number of anilines is 2. The predicted octanol–water partition coefficient (Wildman–Crippen LogP) is 5.54. The number of carbonyl (C=O) groups excluding carboxylic acids is 2. The molecular weight excluding hydrogens is 452 g/mol. The summed E-state index contributed by atoms with van der Waals surface area (Å²) in [5.74, 6) is -1.02. The molecule has 30 heavy (non-hydrogen) atoms. The molecule has 1 aromatic heterocycles. The smallest absolute Gasteiger partial charge is 0.230 e. The predicted molar refractivity (Wildman–Crippen MR) is 117 cm³/mol. The monoisotopic (exact) mass is 465 g/mol. The highest BCUT2D eigenvalue weighted by Gasteiger charge is 2.13. The Morgan fingerprint density at radius 3 is 2.30 bits per heavy atom. The maximum atomic E-state index is 13.3. The Balaban J connectivity index is 1.63. The van der Waals surface area contributed by atoms with Gasteiger partial charge in [0.1, 0.15) is 11.6 Å². The Hall–Kier alpha value is -2.67. The number of hydrogen-bond donors (Lipinski definition) is 2. The second-order valence-electron chi connectivity index (χ2n) is 6.32. The molecular formula is C21H15Cl3FN3O2. The molecule has 0 saturated carbocycles. The van der Waals surface area contributed by atoms with Crippen molar-refractivity contribution in [1.29, 1.82) is 0 Å². The first kappa shape index (κ1) is 22.0. The third kappa shape index (κ3) is 5.92. The van der Waals surface area contributed by atoms with Crippen LogP contribution in [0.2, 0.25) is 15.1 Å². The lowest BCUT2D eigenvalue weighted by Gasteiger charge is -2.10. The van der Waals surface area contributed by atoms with Crippen molar-refractivity contribution in [2.75, 3.05) is 10.6 Å². The van der Waals surface area contributed by atoms with Gasteiger partial charge < -0.3 is 10.6 Å². The molecule has 0 atom stereocenters. The van der Waals surface area contributed by atoms with Crippen LogP contribution in [0.3, 0.4) is 0 Å². The van der Waals surface area contributed by atoms with Gasteiger partial charge in [-0.3, -0.25) is 9.59 Å². The first-order valence-electron chi connectivity index (χ1n) is 8.74. The van der Waals surface area contributed by atoms with Gasteiger partial charge in [-0.05, 0) is 47.5 Å². The summed E-state index contributed by atoms with van der Waals surface area (Å²) in [5.41, 5.74) is 1.31. The van der Waals surface area contributed by atoms with E-state index in [0.29, 0.717) is 31.9 Å². The van der Waals surface area contributed by atoms with E-state index in [1.165, 1.54) is 30.5 Å². The molecule has 0 aliphatic carbocycles. The first-order valence-corrected chi connectivity index (χ1v) is 9.88. The topological polar surface area (TPSA) is 71.1 Å². The van der Waals surface area contributed by atoms with Crippen LogP contribution in [-0.4, -0.2) is 16.8 Å². The molecule has 0 bridgehead atoms.